The first-order valence-electron chi connectivity index (χ1n) is 5.49. The summed E-state index contributed by atoms with van der Waals surface area (Å²) in [6, 6.07) is 9.24. The quantitative estimate of drug-likeness (QED) is 0.358. The van der Waals surface area contributed by atoms with Crippen LogP contribution in [0.25, 0.3) is 6.08 Å². The minimum Gasteiger partial charge on any atom is -0.460 e. The van der Waals surface area contributed by atoms with Crippen molar-refractivity contribution >= 4 is 19.9 Å². The molecular weight excluding hydrogens is 271 g/mol. The SMILES string of the molecule is CC(=Cc1ccccc1)C(=O)OCCOP(=O)(O)O. The van der Waals surface area contributed by atoms with Crippen LogP contribution < -0.4 is 0 Å². The summed E-state index contributed by atoms with van der Waals surface area (Å²) in [5.74, 6) is -0.557. The van der Waals surface area contributed by atoms with E-state index in [1.165, 1.54) is 0 Å². The number of hydrogen-bond donors (Lipinski definition) is 2. The summed E-state index contributed by atoms with van der Waals surface area (Å²) in [7, 11) is -4.51. The smallest absolute Gasteiger partial charge is 0.460 e. The van der Waals surface area contributed by atoms with Crippen LogP contribution in [0, 0.1) is 0 Å². The Morgan fingerprint density at radius 3 is 2.47 bits per heavy atom. The topological polar surface area (TPSA) is 93.1 Å². The Bertz CT molecular complexity index is 490. The van der Waals surface area contributed by atoms with E-state index in [-0.39, 0.29) is 13.2 Å². The second kappa shape index (κ2) is 7.21. The van der Waals surface area contributed by atoms with E-state index in [1.807, 2.05) is 30.3 Å². The van der Waals surface area contributed by atoms with Gasteiger partial charge in [0.15, 0.2) is 0 Å². The molecule has 0 aliphatic carbocycles. The third-order valence-corrected chi connectivity index (χ3v) is 2.60. The Hall–Kier alpha value is -1.46. The lowest BCUT2D eigenvalue weighted by atomic mass is 10.1. The highest BCUT2D eigenvalue weighted by Crippen LogP contribution is 2.35. The monoisotopic (exact) mass is 286 g/mol. The number of rotatable bonds is 6. The van der Waals surface area contributed by atoms with Crippen LogP contribution in [0.1, 0.15) is 12.5 Å². The van der Waals surface area contributed by atoms with E-state index in [0.29, 0.717) is 5.57 Å². The van der Waals surface area contributed by atoms with Crippen LogP contribution >= 0.6 is 7.82 Å². The van der Waals surface area contributed by atoms with Crippen LogP contribution in [0.5, 0.6) is 0 Å². The van der Waals surface area contributed by atoms with Gasteiger partial charge in [-0.2, -0.15) is 0 Å². The van der Waals surface area contributed by atoms with Crippen molar-refractivity contribution in [2.45, 2.75) is 6.92 Å². The van der Waals surface area contributed by atoms with Crippen LogP contribution in [0.4, 0.5) is 0 Å². The lowest BCUT2D eigenvalue weighted by molar-refractivity contribution is -0.139. The molecule has 0 fully saturated rings. The lowest BCUT2D eigenvalue weighted by Crippen LogP contribution is -2.10. The van der Waals surface area contributed by atoms with Crippen molar-refractivity contribution in [2.75, 3.05) is 13.2 Å². The number of phosphoric ester groups is 1. The molecule has 19 heavy (non-hydrogen) atoms. The van der Waals surface area contributed by atoms with E-state index in [0.717, 1.165) is 5.56 Å². The van der Waals surface area contributed by atoms with Crippen molar-refractivity contribution < 1.29 is 28.4 Å². The van der Waals surface area contributed by atoms with E-state index in [1.54, 1.807) is 13.0 Å². The fourth-order valence-corrected chi connectivity index (χ4v) is 1.57. The molecule has 0 spiro atoms. The minimum absolute atomic E-state index is 0.218. The molecule has 0 atom stereocenters. The first kappa shape index (κ1) is 15.6. The Kier molecular flexibility index (Phi) is 5.92. The molecule has 104 valence electrons. The Balaban J connectivity index is 2.41. The lowest BCUT2D eigenvalue weighted by Gasteiger charge is -2.06. The molecule has 2 N–H and O–H groups in total. The van der Waals surface area contributed by atoms with E-state index in [9.17, 15) is 9.36 Å². The van der Waals surface area contributed by atoms with Gasteiger partial charge in [0, 0.05) is 5.57 Å². The van der Waals surface area contributed by atoms with Gasteiger partial charge in [0.2, 0.25) is 0 Å². The van der Waals surface area contributed by atoms with Crippen molar-refractivity contribution in [3.05, 3.63) is 41.5 Å². The number of phosphoric acid groups is 1. The number of ether oxygens (including phenoxy) is 1. The molecule has 0 aliphatic heterocycles. The van der Waals surface area contributed by atoms with Gasteiger partial charge in [-0.3, -0.25) is 4.52 Å². The number of esters is 1. The predicted molar refractivity (Wildman–Crippen MR) is 69.0 cm³/mol. The summed E-state index contributed by atoms with van der Waals surface area (Å²) in [6.45, 7) is 1.03. The average molecular weight is 286 g/mol. The summed E-state index contributed by atoms with van der Waals surface area (Å²) < 4.78 is 19.3. The van der Waals surface area contributed by atoms with E-state index in [4.69, 9.17) is 14.5 Å². The molecule has 0 heterocycles. The van der Waals surface area contributed by atoms with Crippen LogP contribution in [0.15, 0.2) is 35.9 Å². The van der Waals surface area contributed by atoms with Gasteiger partial charge in [-0.15, -0.1) is 0 Å². The molecule has 1 rings (SSSR count). The molecule has 0 saturated heterocycles. The maximum atomic E-state index is 11.5. The van der Waals surface area contributed by atoms with E-state index >= 15 is 0 Å². The molecule has 1 aromatic carbocycles. The standard InChI is InChI=1S/C12H15O6P/c1-10(9-11-5-3-2-4-6-11)12(13)17-7-8-18-19(14,15)16/h2-6,9H,7-8H2,1H3,(H2,14,15,16). The van der Waals surface area contributed by atoms with Crippen LogP contribution in [-0.2, 0) is 18.6 Å². The Morgan fingerprint density at radius 1 is 1.26 bits per heavy atom. The van der Waals surface area contributed by atoms with Crippen molar-refractivity contribution in [3.63, 3.8) is 0 Å². The third kappa shape index (κ3) is 6.88. The summed E-state index contributed by atoms with van der Waals surface area (Å²) in [5.41, 5.74) is 1.26. The zero-order valence-corrected chi connectivity index (χ0v) is 11.2. The zero-order chi connectivity index (χ0) is 14.3. The zero-order valence-electron chi connectivity index (χ0n) is 10.4. The summed E-state index contributed by atoms with van der Waals surface area (Å²) in [6.07, 6.45) is 1.66. The second-order valence-electron chi connectivity index (χ2n) is 3.70. The highest BCUT2D eigenvalue weighted by Gasteiger charge is 2.13. The number of carbonyl (C=O) groups excluding carboxylic acids is 1. The Morgan fingerprint density at radius 2 is 1.89 bits per heavy atom. The first-order chi connectivity index (χ1) is 8.88. The van der Waals surface area contributed by atoms with E-state index < -0.39 is 13.8 Å². The maximum absolute atomic E-state index is 11.5. The largest absolute Gasteiger partial charge is 0.469 e. The van der Waals surface area contributed by atoms with Crippen molar-refractivity contribution in [3.8, 4) is 0 Å². The Labute approximate surface area is 110 Å². The summed E-state index contributed by atoms with van der Waals surface area (Å²) in [5, 5.41) is 0. The van der Waals surface area contributed by atoms with E-state index in [2.05, 4.69) is 4.52 Å². The van der Waals surface area contributed by atoms with Gasteiger partial charge in [0.05, 0.1) is 6.61 Å². The molecule has 0 aromatic heterocycles. The predicted octanol–water partition coefficient (Wildman–Crippen LogP) is 1.74. The normalized spacial score (nSPS) is 12.3. The fourth-order valence-electron chi connectivity index (χ4n) is 1.26. The van der Waals surface area contributed by atoms with Crippen molar-refractivity contribution in [2.24, 2.45) is 0 Å². The highest BCUT2D eigenvalue weighted by molar-refractivity contribution is 7.46. The molecular formula is C12H15O6P. The van der Waals surface area contributed by atoms with Crippen LogP contribution in [-0.4, -0.2) is 29.0 Å². The van der Waals surface area contributed by atoms with Gasteiger partial charge in [-0.25, -0.2) is 9.36 Å². The maximum Gasteiger partial charge on any atom is 0.469 e. The van der Waals surface area contributed by atoms with Gasteiger partial charge in [0.1, 0.15) is 6.61 Å². The highest BCUT2D eigenvalue weighted by atomic mass is 31.2. The van der Waals surface area contributed by atoms with Gasteiger partial charge >= 0.3 is 13.8 Å². The van der Waals surface area contributed by atoms with Crippen LogP contribution in [0.2, 0.25) is 0 Å². The minimum atomic E-state index is -4.51. The first-order valence-corrected chi connectivity index (χ1v) is 7.02. The van der Waals surface area contributed by atoms with Gasteiger partial charge in [0.25, 0.3) is 0 Å². The van der Waals surface area contributed by atoms with Gasteiger partial charge in [-0.1, -0.05) is 30.3 Å². The molecule has 0 bridgehead atoms. The second-order valence-corrected chi connectivity index (χ2v) is 4.94. The molecule has 1 aromatic rings. The van der Waals surface area contributed by atoms with Crippen molar-refractivity contribution in [1.82, 2.24) is 0 Å². The molecule has 0 saturated carbocycles. The fraction of sp³-hybridized carbons (Fsp3) is 0.250. The number of carbonyl (C=O) groups is 1. The molecule has 7 heteroatoms. The molecule has 0 radical (unpaired) electrons. The van der Waals surface area contributed by atoms with Crippen molar-refractivity contribution in [1.29, 1.82) is 0 Å². The molecule has 6 nitrogen and oxygen atoms in total. The molecule has 0 aliphatic rings. The number of hydrogen-bond acceptors (Lipinski definition) is 4. The van der Waals surface area contributed by atoms with Crippen LogP contribution in [0.3, 0.4) is 0 Å². The molecule has 0 amide bonds. The number of benzene rings is 1. The average Bonchev–Trinajstić information content (AvgIpc) is 2.34. The van der Waals surface area contributed by atoms with Gasteiger partial charge in [-0.05, 0) is 18.6 Å². The summed E-state index contributed by atoms with van der Waals surface area (Å²) in [4.78, 5) is 28.4. The van der Waals surface area contributed by atoms with Gasteiger partial charge < -0.3 is 14.5 Å². The summed E-state index contributed by atoms with van der Waals surface area (Å²) >= 11 is 0. The molecule has 0 unspecified atom stereocenters. The third-order valence-electron chi connectivity index (χ3n) is 2.08.